The molecule has 1 fully saturated rings. The van der Waals surface area contributed by atoms with Crippen LogP contribution in [0.4, 0.5) is 5.13 Å². The summed E-state index contributed by atoms with van der Waals surface area (Å²) in [6, 6.07) is 6.57. The molecule has 0 bridgehead atoms. The number of hydrogen-bond donors (Lipinski definition) is 1. The van der Waals surface area contributed by atoms with E-state index in [4.69, 9.17) is 0 Å². The normalized spacial score (nSPS) is 14.2. The number of amides is 1. The van der Waals surface area contributed by atoms with Crippen LogP contribution >= 0.6 is 23.1 Å². The van der Waals surface area contributed by atoms with Crippen LogP contribution in [0, 0.1) is 6.92 Å². The molecule has 2 aromatic heterocycles. The number of hydrogen-bond acceptors (Lipinski definition) is 6. The largest absolute Gasteiger partial charge is 0.303 e. The minimum absolute atomic E-state index is 0.0647. The Bertz CT molecular complexity index is 928. The zero-order valence-electron chi connectivity index (χ0n) is 14.2. The van der Waals surface area contributed by atoms with Gasteiger partial charge in [-0.2, -0.15) is 0 Å². The Kier molecular flexibility index (Phi) is 4.47. The average molecular weight is 374 g/mol. The van der Waals surface area contributed by atoms with Gasteiger partial charge < -0.3 is 9.88 Å². The highest BCUT2D eigenvalue weighted by Gasteiger charge is 2.29. The van der Waals surface area contributed by atoms with Crippen LogP contribution in [0.5, 0.6) is 0 Å². The first kappa shape index (κ1) is 16.5. The van der Waals surface area contributed by atoms with E-state index in [1.54, 1.807) is 0 Å². The Labute approximate surface area is 154 Å². The molecule has 6 nitrogen and oxygen atoms in total. The lowest BCUT2D eigenvalue weighted by molar-refractivity contribution is -0.113. The van der Waals surface area contributed by atoms with Gasteiger partial charge in [-0.3, -0.25) is 4.79 Å². The third-order valence-electron chi connectivity index (χ3n) is 4.16. The standard InChI is InChI=1S/C17H19N5OS2/c1-3-13-20-21-17(22(13)11-7-8-11)24-9-14(23)18-16-19-15-10(2)5-4-6-12(15)25-16/h4-6,11H,3,7-9H2,1-2H3,(H,18,19,23). The van der Waals surface area contributed by atoms with Crippen LogP contribution < -0.4 is 5.32 Å². The predicted octanol–water partition coefficient (Wildman–Crippen LogP) is 3.82. The van der Waals surface area contributed by atoms with E-state index >= 15 is 0 Å². The van der Waals surface area contributed by atoms with E-state index in [9.17, 15) is 4.79 Å². The molecule has 1 aliphatic carbocycles. The molecule has 3 aromatic rings. The zero-order valence-corrected chi connectivity index (χ0v) is 15.8. The molecule has 0 atom stereocenters. The second-order valence-corrected chi connectivity index (χ2v) is 8.10. The number of rotatable bonds is 6. The van der Waals surface area contributed by atoms with Gasteiger partial charge in [0.15, 0.2) is 10.3 Å². The van der Waals surface area contributed by atoms with Crippen molar-refractivity contribution in [2.24, 2.45) is 0 Å². The van der Waals surface area contributed by atoms with Gasteiger partial charge in [0, 0.05) is 12.5 Å². The number of aryl methyl sites for hydroxylation is 2. The van der Waals surface area contributed by atoms with Crippen LogP contribution in [0.3, 0.4) is 0 Å². The van der Waals surface area contributed by atoms with Crippen molar-refractivity contribution in [2.45, 2.75) is 44.3 Å². The van der Waals surface area contributed by atoms with E-state index in [1.165, 1.54) is 35.9 Å². The molecule has 0 aliphatic heterocycles. The van der Waals surface area contributed by atoms with Gasteiger partial charge >= 0.3 is 0 Å². The summed E-state index contributed by atoms with van der Waals surface area (Å²) in [7, 11) is 0. The molecular formula is C17H19N5OS2. The first-order chi connectivity index (χ1) is 12.2. The maximum Gasteiger partial charge on any atom is 0.236 e. The zero-order chi connectivity index (χ0) is 17.4. The van der Waals surface area contributed by atoms with Gasteiger partial charge in [0.2, 0.25) is 5.91 Å². The Balaban J connectivity index is 1.42. The molecule has 130 valence electrons. The van der Waals surface area contributed by atoms with E-state index in [1.807, 2.05) is 25.1 Å². The number of thioether (sulfide) groups is 1. The van der Waals surface area contributed by atoms with Crippen molar-refractivity contribution in [1.82, 2.24) is 19.7 Å². The summed E-state index contributed by atoms with van der Waals surface area (Å²) in [5.41, 5.74) is 2.07. The summed E-state index contributed by atoms with van der Waals surface area (Å²) in [6.45, 7) is 4.11. The monoisotopic (exact) mass is 373 g/mol. The molecule has 0 radical (unpaired) electrons. The molecule has 0 saturated heterocycles. The van der Waals surface area contributed by atoms with Crippen molar-refractivity contribution in [1.29, 1.82) is 0 Å². The number of nitrogens with zero attached hydrogens (tertiary/aromatic N) is 4. The first-order valence-corrected chi connectivity index (χ1v) is 10.2. The van der Waals surface area contributed by atoms with E-state index < -0.39 is 0 Å². The molecule has 2 heterocycles. The van der Waals surface area contributed by atoms with Gasteiger partial charge in [0.25, 0.3) is 0 Å². The fourth-order valence-electron chi connectivity index (χ4n) is 2.77. The fraction of sp³-hybridized carbons (Fsp3) is 0.412. The predicted molar refractivity (Wildman–Crippen MR) is 101 cm³/mol. The number of para-hydroxylation sites is 1. The highest BCUT2D eigenvalue weighted by molar-refractivity contribution is 7.99. The third kappa shape index (κ3) is 3.41. The van der Waals surface area contributed by atoms with Crippen molar-refractivity contribution < 1.29 is 4.79 Å². The van der Waals surface area contributed by atoms with Gasteiger partial charge in [0.05, 0.1) is 16.0 Å². The third-order valence-corrected chi connectivity index (χ3v) is 6.04. The molecule has 4 rings (SSSR count). The summed E-state index contributed by atoms with van der Waals surface area (Å²) < 4.78 is 3.28. The van der Waals surface area contributed by atoms with Crippen molar-refractivity contribution in [3.8, 4) is 0 Å². The van der Waals surface area contributed by atoms with Crippen molar-refractivity contribution >= 4 is 44.4 Å². The van der Waals surface area contributed by atoms with Gasteiger partial charge in [-0.1, -0.05) is 42.2 Å². The summed E-state index contributed by atoms with van der Waals surface area (Å²) in [5, 5.41) is 12.9. The number of carbonyl (C=O) groups excluding carboxylic acids is 1. The van der Waals surface area contributed by atoms with E-state index in [0.29, 0.717) is 16.9 Å². The van der Waals surface area contributed by atoms with Crippen LogP contribution in [0.2, 0.25) is 0 Å². The summed E-state index contributed by atoms with van der Waals surface area (Å²) >= 11 is 2.94. The number of thiazole rings is 1. The molecule has 0 unspecified atom stereocenters. The molecule has 8 heteroatoms. The van der Waals surface area contributed by atoms with E-state index in [2.05, 4.69) is 32.0 Å². The highest BCUT2D eigenvalue weighted by atomic mass is 32.2. The smallest absolute Gasteiger partial charge is 0.236 e. The number of fused-ring (bicyclic) bond motifs is 1. The number of nitrogens with one attached hydrogen (secondary N) is 1. The lowest BCUT2D eigenvalue weighted by atomic mass is 10.2. The van der Waals surface area contributed by atoms with E-state index in [-0.39, 0.29) is 5.91 Å². The van der Waals surface area contributed by atoms with Crippen LogP contribution in [-0.2, 0) is 11.2 Å². The average Bonchev–Trinajstić information content (AvgIpc) is 3.21. The Morgan fingerprint density at radius 2 is 2.24 bits per heavy atom. The summed E-state index contributed by atoms with van der Waals surface area (Å²) in [6.07, 6.45) is 3.22. The Morgan fingerprint density at radius 1 is 1.40 bits per heavy atom. The molecule has 25 heavy (non-hydrogen) atoms. The lowest BCUT2D eigenvalue weighted by Gasteiger charge is -2.07. The quantitative estimate of drug-likeness (QED) is 0.665. The van der Waals surface area contributed by atoms with Crippen molar-refractivity contribution in [2.75, 3.05) is 11.1 Å². The van der Waals surface area contributed by atoms with Gasteiger partial charge in [-0.15, -0.1) is 10.2 Å². The van der Waals surface area contributed by atoms with Gasteiger partial charge in [-0.05, 0) is 31.4 Å². The van der Waals surface area contributed by atoms with Crippen LogP contribution in [-0.4, -0.2) is 31.4 Å². The molecular weight excluding hydrogens is 354 g/mol. The fourth-order valence-corrected chi connectivity index (χ4v) is 4.56. The maximum absolute atomic E-state index is 12.3. The Morgan fingerprint density at radius 3 is 2.96 bits per heavy atom. The van der Waals surface area contributed by atoms with Crippen LogP contribution in [0.1, 0.15) is 37.2 Å². The first-order valence-electron chi connectivity index (χ1n) is 8.38. The van der Waals surface area contributed by atoms with Crippen LogP contribution in [0.25, 0.3) is 10.2 Å². The lowest BCUT2D eigenvalue weighted by Crippen LogP contribution is -2.14. The van der Waals surface area contributed by atoms with Gasteiger partial charge in [0.1, 0.15) is 5.82 Å². The second-order valence-electron chi connectivity index (χ2n) is 6.13. The number of benzene rings is 1. The van der Waals surface area contributed by atoms with Gasteiger partial charge in [-0.25, -0.2) is 4.98 Å². The highest BCUT2D eigenvalue weighted by Crippen LogP contribution is 2.38. The molecule has 1 aromatic carbocycles. The minimum Gasteiger partial charge on any atom is -0.303 e. The summed E-state index contributed by atoms with van der Waals surface area (Å²) in [4.78, 5) is 16.8. The summed E-state index contributed by atoms with van der Waals surface area (Å²) in [5.74, 6) is 1.25. The number of anilines is 1. The second kappa shape index (κ2) is 6.76. The molecule has 1 N–H and O–H groups in total. The number of aromatic nitrogens is 4. The van der Waals surface area contributed by atoms with Crippen molar-refractivity contribution in [3.63, 3.8) is 0 Å². The minimum atomic E-state index is -0.0647. The molecule has 1 aliphatic rings. The number of carbonyl (C=O) groups is 1. The van der Waals surface area contributed by atoms with Crippen LogP contribution in [0.15, 0.2) is 23.4 Å². The topological polar surface area (TPSA) is 72.7 Å². The van der Waals surface area contributed by atoms with Crippen molar-refractivity contribution in [3.05, 3.63) is 29.6 Å². The molecule has 1 amide bonds. The molecule has 1 saturated carbocycles. The van der Waals surface area contributed by atoms with E-state index in [0.717, 1.165) is 33.2 Å². The maximum atomic E-state index is 12.3. The SMILES string of the molecule is CCc1nnc(SCC(=O)Nc2nc3c(C)cccc3s2)n1C1CC1. The molecule has 0 spiro atoms. The Hall–Kier alpha value is -1.93.